The van der Waals surface area contributed by atoms with Gasteiger partial charge >= 0.3 is 0 Å². The summed E-state index contributed by atoms with van der Waals surface area (Å²) in [4.78, 5) is 16.8. The van der Waals surface area contributed by atoms with Crippen LogP contribution in [0.2, 0.25) is 5.02 Å². The van der Waals surface area contributed by atoms with E-state index in [9.17, 15) is 4.79 Å². The lowest BCUT2D eigenvalue weighted by Gasteiger charge is -2.37. The van der Waals surface area contributed by atoms with E-state index in [2.05, 4.69) is 88.4 Å². The Morgan fingerprint density at radius 3 is 2.27 bits per heavy atom. The molecule has 4 aromatic carbocycles. The Bertz CT molecular complexity index is 1740. The number of benzene rings is 4. The number of thiophene rings is 1. The Hall–Kier alpha value is -2.90. The van der Waals surface area contributed by atoms with Crippen molar-refractivity contribution in [2.75, 3.05) is 33.3 Å². The zero-order valence-electron chi connectivity index (χ0n) is 27.0. The van der Waals surface area contributed by atoms with Crippen LogP contribution in [0.1, 0.15) is 58.6 Å². The topological polar surface area (TPSA) is 29.5 Å². The molecule has 0 N–H and O–H groups in total. The number of aryl methyl sites for hydroxylation is 2. The maximum Gasteiger partial charge on any atom is 0.265 e. The number of amides is 1. The molecule has 7 heteroatoms. The third-order valence-electron chi connectivity index (χ3n) is 8.96. The van der Waals surface area contributed by atoms with E-state index < -0.39 is 0 Å². The van der Waals surface area contributed by atoms with E-state index in [1.165, 1.54) is 38.8 Å². The molecule has 1 heterocycles. The molecule has 45 heavy (non-hydrogen) atoms. The van der Waals surface area contributed by atoms with Crippen LogP contribution in [0.3, 0.4) is 0 Å². The summed E-state index contributed by atoms with van der Waals surface area (Å²) < 4.78 is 7.59. The van der Waals surface area contributed by atoms with Gasteiger partial charge in [0.05, 0.1) is 37.2 Å². The van der Waals surface area contributed by atoms with E-state index in [0.717, 1.165) is 59.2 Å². The molecule has 0 bridgehead atoms. The lowest BCUT2D eigenvalue weighted by atomic mass is 10.1. The zero-order valence-corrected chi connectivity index (χ0v) is 30.2. The number of rotatable bonds is 13. The lowest BCUT2D eigenvalue weighted by molar-refractivity contribution is -0.938. The van der Waals surface area contributed by atoms with Gasteiger partial charge in [0.25, 0.3) is 5.91 Å². The number of carbonyl (C=O) groups excluding carboxylic acids is 1. The van der Waals surface area contributed by atoms with Crippen molar-refractivity contribution in [2.45, 2.75) is 53.6 Å². The lowest BCUT2D eigenvalue weighted by Crippen LogP contribution is -3.00. The summed E-state index contributed by atoms with van der Waals surface area (Å²) in [5, 5.41) is 3.68. The maximum absolute atomic E-state index is 14.2. The van der Waals surface area contributed by atoms with Crippen LogP contribution in [0.25, 0.3) is 20.9 Å². The number of ether oxygens (including phenoxy) is 1. The molecule has 0 saturated carbocycles. The molecule has 0 radical (unpaired) electrons. The van der Waals surface area contributed by atoms with E-state index in [-0.39, 0.29) is 22.9 Å². The fourth-order valence-electron chi connectivity index (χ4n) is 6.48. The Morgan fingerprint density at radius 2 is 1.58 bits per heavy atom. The fraction of sp³-hybridized carbons (Fsp3) is 0.342. The number of methoxy groups -OCH3 is 1. The van der Waals surface area contributed by atoms with Gasteiger partial charge in [-0.05, 0) is 75.1 Å². The van der Waals surface area contributed by atoms with E-state index >= 15 is 0 Å². The molecule has 0 spiro atoms. The zero-order chi connectivity index (χ0) is 31.3. The molecule has 0 fully saturated rings. The van der Waals surface area contributed by atoms with Crippen LogP contribution in [0.5, 0.6) is 5.75 Å². The monoisotopic (exact) mass is 706 g/mol. The van der Waals surface area contributed by atoms with Crippen LogP contribution in [0.15, 0.2) is 78.9 Å². The number of quaternary nitrogens is 1. The number of nitrogens with zero attached hydrogens (tertiary/aromatic N) is 2. The summed E-state index contributed by atoms with van der Waals surface area (Å²) in [7, 11) is 1.64. The van der Waals surface area contributed by atoms with Crippen molar-refractivity contribution in [2.24, 2.45) is 0 Å². The summed E-state index contributed by atoms with van der Waals surface area (Å²) in [6.07, 6.45) is 1.97. The molecule has 4 nitrogen and oxygen atoms in total. The van der Waals surface area contributed by atoms with Gasteiger partial charge in [0.2, 0.25) is 0 Å². The molecule has 0 aliphatic carbocycles. The molecule has 238 valence electrons. The normalized spacial score (nSPS) is 11.5. The van der Waals surface area contributed by atoms with E-state index in [0.29, 0.717) is 28.7 Å². The van der Waals surface area contributed by atoms with Gasteiger partial charge in [0.15, 0.2) is 0 Å². The average molecular weight is 708 g/mol. The minimum absolute atomic E-state index is 0. The molecule has 5 rings (SSSR count). The second-order valence-electron chi connectivity index (χ2n) is 12.0. The number of halogens is 2. The second kappa shape index (κ2) is 15.6. The van der Waals surface area contributed by atoms with E-state index in [4.69, 9.17) is 16.3 Å². The van der Waals surface area contributed by atoms with Gasteiger partial charge in [-0.2, -0.15) is 0 Å². The highest BCUT2D eigenvalue weighted by Gasteiger charge is 2.26. The minimum Gasteiger partial charge on any atom is -1.00 e. The van der Waals surface area contributed by atoms with Crippen LogP contribution >= 0.6 is 22.9 Å². The number of hydrogen-bond acceptors (Lipinski definition) is 3. The average Bonchev–Trinajstić information content (AvgIpc) is 3.37. The van der Waals surface area contributed by atoms with Crippen molar-refractivity contribution < 1.29 is 31.0 Å². The summed E-state index contributed by atoms with van der Waals surface area (Å²) in [6, 6.07) is 27.6. The van der Waals surface area contributed by atoms with Crippen molar-refractivity contribution >= 4 is 49.7 Å². The van der Waals surface area contributed by atoms with Crippen LogP contribution in [-0.2, 0) is 13.1 Å². The van der Waals surface area contributed by atoms with Gasteiger partial charge in [-0.1, -0.05) is 83.4 Å². The van der Waals surface area contributed by atoms with Crippen molar-refractivity contribution in [1.82, 2.24) is 4.90 Å². The van der Waals surface area contributed by atoms with Crippen LogP contribution < -0.4 is 21.7 Å². The van der Waals surface area contributed by atoms with E-state index in [1.807, 2.05) is 23.1 Å². The standard InChI is InChI=1S/C38H44ClN2O2S.BrH/c1-6-41(7-2,26-30-22-27(3)21-28(4)23-30)20-11-10-19-40(25-29-17-18-31-13-8-9-14-32(31)24-29)38(42)37-36(39)35-33(43-5)15-12-16-34(35)44-37;/h8-9,12-18,21-24H,6-7,10-11,19-20,25-26H2,1-5H3;1H/q+1;/p-1. The second-order valence-corrected chi connectivity index (χ2v) is 13.5. The van der Waals surface area contributed by atoms with Gasteiger partial charge < -0.3 is 31.1 Å². The molecule has 0 unspecified atom stereocenters. The summed E-state index contributed by atoms with van der Waals surface area (Å²) in [6.45, 7) is 14.5. The Balaban J connectivity index is 0.00000461. The first-order valence-electron chi connectivity index (χ1n) is 15.7. The van der Waals surface area contributed by atoms with Crippen molar-refractivity contribution in [1.29, 1.82) is 0 Å². The fourth-order valence-corrected chi connectivity index (χ4v) is 8.01. The van der Waals surface area contributed by atoms with Crippen molar-refractivity contribution in [3.63, 3.8) is 0 Å². The van der Waals surface area contributed by atoms with Gasteiger partial charge in [-0.25, -0.2) is 0 Å². The predicted octanol–water partition coefficient (Wildman–Crippen LogP) is 6.82. The molecule has 0 saturated heterocycles. The SMILES string of the molecule is CC[N+](CC)(CCCCN(Cc1ccc2ccccc2c1)C(=O)c1sc2cccc(OC)c2c1Cl)Cc1cc(C)cc(C)c1.[Br-]. The predicted molar refractivity (Wildman–Crippen MR) is 187 cm³/mol. The van der Waals surface area contributed by atoms with Crippen molar-refractivity contribution in [3.8, 4) is 5.75 Å². The third-order valence-corrected chi connectivity index (χ3v) is 10.6. The maximum atomic E-state index is 14.2. The van der Waals surface area contributed by atoms with Crippen LogP contribution in [-0.4, -0.2) is 48.6 Å². The molecule has 0 aliphatic rings. The molecule has 5 aromatic rings. The number of hydrogen-bond donors (Lipinski definition) is 0. The van der Waals surface area contributed by atoms with E-state index in [1.54, 1.807) is 7.11 Å². The highest BCUT2D eigenvalue weighted by molar-refractivity contribution is 7.21. The number of unbranched alkanes of at least 4 members (excludes halogenated alkanes) is 1. The highest BCUT2D eigenvalue weighted by atomic mass is 79.9. The Morgan fingerprint density at radius 1 is 0.867 bits per heavy atom. The van der Waals surface area contributed by atoms with Gasteiger partial charge in [0.1, 0.15) is 17.2 Å². The molecule has 0 atom stereocenters. The van der Waals surface area contributed by atoms with Gasteiger partial charge in [0, 0.05) is 23.4 Å². The summed E-state index contributed by atoms with van der Waals surface area (Å²) in [5.74, 6) is 0.675. The molecular weight excluding hydrogens is 664 g/mol. The molecule has 1 aromatic heterocycles. The summed E-state index contributed by atoms with van der Waals surface area (Å²) >= 11 is 8.35. The quantitative estimate of drug-likeness (QED) is 0.0994. The first-order chi connectivity index (χ1) is 21.3. The number of fused-ring (bicyclic) bond motifs is 2. The third kappa shape index (κ3) is 8.10. The Kier molecular flexibility index (Phi) is 12.1. The van der Waals surface area contributed by atoms with Crippen molar-refractivity contribution in [3.05, 3.63) is 111 Å². The first-order valence-corrected chi connectivity index (χ1v) is 16.9. The van der Waals surface area contributed by atoms with Gasteiger partial charge in [-0.15, -0.1) is 11.3 Å². The minimum atomic E-state index is -0.0200. The smallest absolute Gasteiger partial charge is 0.265 e. The highest BCUT2D eigenvalue weighted by Crippen LogP contribution is 2.41. The van der Waals surface area contributed by atoms with Crippen LogP contribution in [0.4, 0.5) is 0 Å². The largest absolute Gasteiger partial charge is 1.00 e. The first kappa shape index (κ1) is 35.0. The van der Waals surface area contributed by atoms with Crippen LogP contribution in [0, 0.1) is 13.8 Å². The summed E-state index contributed by atoms with van der Waals surface area (Å²) in [5.41, 5.74) is 5.18. The molecular formula is C38H44BrClN2O2S. The Labute approximate surface area is 287 Å². The molecule has 0 aliphatic heterocycles. The molecule has 1 amide bonds. The van der Waals surface area contributed by atoms with Gasteiger partial charge in [-0.3, -0.25) is 4.79 Å². The number of carbonyl (C=O) groups is 1.